The molecule has 1 aliphatic heterocycles. The van der Waals surface area contributed by atoms with Crippen molar-refractivity contribution in [2.24, 2.45) is 0 Å². The molecule has 5 nitrogen and oxygen atoms in total. The molecule has 3 rings (SSSR count). The number of carbonyl (C=O) groups is 1. The summed E-state index contributed by atoms with van der Waals surface area (Å²) < 4.78 is 13.8. The molecule has 2 aromatic rings. The van der Waals surface area contributed by atoms with Gasteiger partial charge in [0.25, 0.3) is 0 Å². The van der Waals surface area contributed by atoms with Gasteiger partial charge < -0.3 is 11.1 Å². The maximum absolute atomic E-state index is 13.8. The SMILES string of the molecule is Nc1nc(CCC(=O)N[C@H]2CCCN(Cc3ccccc3F)C2)cs1. The maximum Gasteiger partial charge on any atom is 0.220 e. The molecule has 0 aliphatic carbocycles. The van der Waals surface area contributed by atoms with Crippen molar-refractivity contribution in [2.45, 2.75) is 38.3 Å². The monoisotopic (exact) mass is 362 g/mol. The van der Waals surface area contributed by atoms with Crippen molar-refractivity contribution in [1.29, 1.82) is 0 Å². The van der Waals surface area contributed by atoms with Crippen LogP contribution in [0, 0.1) is 5.82 Å². The highest BCUT2D eigenvalue weighted by Crippen LogP contribution is 2.16. The lowest BCUT2D eigenvalue weighted by molar-refractivity contribution is -0.122. The third-order valence-electron chi connectivity index (χ3n) is 4.40. The summed E-state index contributed by atoms with van der Waals surface area (Å²) in [5, 5.41) is 5.52. The third kappa shape index (κ3) is 5.24. The average Bonchev–Trinajstić information content (AvgIpc) is 3.01. The Morgan fingerprint density at radius 2 is 2.28 bits per heavy atom. The minimum absolute atomic E-state index is 0.0318. The van der Waals surface area contributed by atoms with Gasteiger partial charge in [0.05, 0.1) is 5.69 Å². The molecule has 2 heterocycles. The molecule has 1 aromatic carbocycles. The van der Waals surface area contributed by atoms with E-state index < -0.39 is 0 Å². The Bertz CT molecular complexity index is 721. The average molecular weight is 362 g/mol. The molecular formula is C18H23FN4OS. The van der Waals surface area contributed by atoms with Crippen LogP contribution in [-0.2, 0) is 17.8 Å². The van der Waals surface area contributed by atoms with E-state index in [0.29, 0.717) is 30.1 Å². The minimum atomic E-state index is -0.170. The first-order valence-electron chi connectivity index (χ1n) is 8.55. The molecule has 0 unspecified atom stereocenters. The Kier molecular flexibility index (Phi) is 5.99. The molecular weight excluding hydrogens is 339 g/mol. The molecule has 0 spiro atoms. The van der Waals surface area contributed by atoms with Gasteiger partial charge in [-0.3, -0.25) is 9.69 Å². The van der Waals surface area contributed by atoms with Crippen molar-refractivity contribution in [2.75, 3.05) is 18.8 Å². The van der Waals surface area contributed by atoms with Crippen LogP contribution in [0.5, 0.6) is 0 Å². The van der Waals surface area contributed by atoms with Gasteiger partial charge in [-0.25, -0.2) is 9.37 Å². The van der Waals surface area contributed by atoms with Gasteiger partial charge >= 0.3 is 0 Å². The number of anilines is 1. The highest BCUT2D eigenvalue weighted by atomic mass is 32.1. The molecule has 1 atom stereocenters. The smallest absolute Gasteiger partial charge is 0.220 e. The fourth-order valence-electron chi connectivity index (χ4n) is 3.16. The van der Waals surface area contributed by atoms with Crippen molar-refractivity contribution >= 4 is 22.4 Å². The van der Waals surface area contributed by atoms with Gasteiger partial charge in [-0.05, 0) is 31.9 Å². The second-order valence-electron chi connectivity index (χ2n) is 6.41. The Hall–Kier alpha value is -1.99. The molecule has 0 saturated carbocycles. The Balaban J connectivity index is 1.46. The lowest BCUT2D eigenvalue weighted by Gasteiger charge is -2.33. The van der Waals surface area contributed by atoms with Crippen molar-refractivity contribution in [3.8, 4) is 0 Å². The van der Waals surface area contributed by atoms with Gasteiger partial charge in [0.15, 0.2) is 5.13 Å². The van der Waals surface area contributed by atoms with Crippen molar-refractivity contribution in [3.05, 3.63) is 46.7 Å². The first-order chi connectivity index (χ1) is 12.1. The van der Waals surface area contributed by atoms with E-state index >= 15 is 0 Å². The van der Waals surface area contributed by atoms with E-state index in [1.54, 1.807) is 6.07 Å². The Morgan fingerprint density at radius 3 is 3.04 bits per heavy atom. The zero-order valence-corrected chi connectivity index (χ0v) is 14.9. The van der Waals surface area contributed by atoms with Gasteiger partial charge in [-0.15, -0.1) is 11.3 Å². The zero-order chi connectivity index (χ0) is 17.6. The molecule has 0 bridgehead atoms. The number of halogens is 1. The van der Waals surface area contributed by atoms with Crippen molar-refractivity contribution < 1.29 is 9.18 Å². The summed E-state index contributed by atoms with van der Waals surface area (Å²) in [5.41, 5.74) is 7.17. The predicted molar refractivity (Wildman–Crippen MR) is 97.7 cm³/mol. The maximum atomic E-state index is 13.8. The number of nitrogen functional groups attached to an aromatic ring is 1. The number of benzene rings is 1. The van der Waals surface area contributed by atoms with Gasteiger partial charge in [0.1, 0.15) is 5.82 Å². The number of likely N-dealkylation sites (tertiary alicyclic amines) is 1. The number of rotatable bonds is 6. The van der Waals surface area contributed by atoms with Crippen LogP contribution in [0.3, 0.4) is 0 Å². The summed E-state index contributed by atoms with van der Waals surface area (Å²) >= 11 is 1.39. The lowest BCUT2D eigenvalue weighted by atomic mass is 10.0. The topological polar surface area (TPSA) is 71.2 Å². The van der Waals surface area contributed by atoms with Crippen LogP contribution < -0.4 is 11.1 Å². The van der Waals surface area contributed by atoms with Crippen molar-refractivity contribution in [1.82, 2.24) is 15.2 Å². The number of hydrogen-bond donors (Lipinski definition) is 2. The van der Waals surface area contributed by atoms with Crippen LogP contribution in [0.4, 0.5) is 9.52 Å². The van der Waals surface area contributed by atoms with E-state index in [4.69, 9.17) is 5.73 Å². The molecule has 1 saturated heterocycles. The summed E-state index contributed by atoms with van der Waals surface area (Å²) in [4.78, 5) is 18.5. The fourth-order valence-corrected chi connectivity index (χ4v) is 3.76. The van der Waals surface area contributed by atoms with Crippen LogP contribution >= 0.6 is 11.3 Å². The number of aryl methyl sites for hydroxylation is 1. The van der Waals surface area contributed by atoms with Gasteiger partial charge in [0.2, 0.25) is 5.91 Å². The number of nitrogens with two attached hydrogens (primary N) is 1. The molecule has 7 heteroatoms. The van der Waals surface area contributed by atoms with Crippen LogP contribution in [0.15, 0.2) is 29.6 Å². The molecule has 0 radical (unpaired) electrons. The van der Waals surface area contributed by atoms with Crippen LogP contribution in [-0.4, -0.2) is 34.9 Å². The molecule has 1 amide bonds. The van der Waals surface area contributed by atoms with Gasteiger partial charge in [-0.1, -0.05) is 18.2 Å². The third-order valence-corrected chi connectivity index (χ3v) is 5.12. The largest absolute Gasteiger partial charge is 0.375 e. The van der Waals surface area contributed by atoms with Crippen LogP contribution in [0.2, 0.25) is 0 Å². The number of hydrogen-bond acceptors (Lipinski definition) is 5. The number of nitrogens with zero attached hydrogens (tertiary/aromatic N) is 2. The predicted octanol–water partition coefficient (Wildman–Crippen LogP) is 2.58. The number of carbonyl (C=O) groups excluding carboxylic acids is 1. The van der Waals surface area contributed by atoms with Crippen LogP contribution in [0.25, 0.3) is 0 Å². The second kappa shape index (κ2) is 8.40. The molecule has 1 fully saturated rings. The van der Waals surface area contributed by atoms with Crippen molar-refractivity contribution in [3.63, 3.8) is 0 Å². The summed E-state index contributed by atoms with van der Waals surface area (Å²) in [6.07, 6.45) is 2.98. The number of amides is 1. The molecule has 3 N–H and O–H groups in total. The first-order valence-corrected chi connectivity index (χ1v) is 9.43. The number of aromatic nitrogens is 1. The molecule has 25 heavy (non-hydrogen) atoms. The first kappa shape index (κ1) is 17.8. The van der Waals surface area contributed by atoms with E-state index in [1.807, 2.05) is 17.5 Å². The lowest BCUT2D eigenvalue weighted by Crippen LogP contribution is -2.47. The highest BCUT2D eigenvalue weighted by Gasteiger charge is 2.22. The highest BCUT2D eigenvalue weighted by molar-refractivity contribution is 7.13. The Labute approximate surface area is 151 Å². The van der Waals surface area contributed by atoms with E-state index in [2.05, 4.69) is 15.2 Å². The normalized spacial score (nSPS) is 18.2. The summed E-state index contributed by atoms with van der Waals surface area (Å²) in [6, 6.07) is 6.98. The number of thiazole rings is 1. The fraction of sp³-hybridized carbons (Fsp3) is 0.444. The molecule has 134 valence electrons. The summed E-state index contributed by atoms with van der Waals surface area (Å²) in [6.45, 7) is 2.26. The van der Waals surface area contributed by atoms with Gasteiger partial charge in [0, 0.05) is 36.5 Å². The summed E-state index contributed by atoms with van der Waals surface area (Å²) in [5.74, 6) is -0.138. The number of nitrogens with one attached hydrogen (secondary N) is 1. The quantitative estimate of drug-likeness (QED) is 0.829. The Morgan fingerprint density at radius 1 is 1.44 bits per heavy atom. The van der Waals surface area contributed by atoms with E-state index in [1.165, 1.54) is 17.4 Å². The van der Waals surface area contributed by atoms with Gasteiger partial charge in [-0.2, -0.15) is 0 Å². The summed E-state index contributed by atoms with van der Waals surface area (Å²) in [7, 11) is 0. The van der Waals surface area contributed by atoms with E-state index in [-0.39, 0.29) is 17.8 Å². The second-order valence-corrected chi connectivity index (χ2v) is 7.30. The van der Waals surface area contributed by atoms with E-state index in [0.717, 1.165) is 31.6 Å². The standard InChI is InChI=1S/C18H23FN4OS/c19-16-6-2-1-4-13(16)10-23-9-3-5-14(11-23)21-17(24)8-7-15-12-25-18(20)22-15/h1-2,4,6,12,14H,3,5,7-11H2,(H2,20,22)(H,21,24)/t14-/m0/s1. The van der Waals surface area contributed by atoms with Crippen LogP contribution in [0.1, 0.15) is 30.5 Å². The number of piperidine rings is 1. The minimum Gasteiger partial charge on any atom is -0.375 e. The zero-order valence-electron chi connectivity index (χ0n) is 14.1. The molecule has 1 aliphatic rings. The molecule has 1 aromatic heterocycles. The van der Waals surface area contributed by atoms with E-state index in [9.17, 15) is 9.18 Å².